The molecule has 0 bridgehead atoms. The normalized spacial score (nSPS) is 10.8. The molecule has 0 saturated heterocycles. The number of thiophene rings is 1. The molecule has 1 heterocycles. The summed E-state index contributed by atoms with van der Waals surface area (Å²) in [5.74, 6) is -0.215. The lowest BCUT2D eigenvalue weighted by Crippen LogP contribution is -1.95. The minimum atomic E-state index is -0.830. The standard InChI is InChI=1S/C10H14O3S/c1-6(2)9-5-7(11)8(14-9)3-4-10(12)13/h5-6,11H,3-4H2,1-2H3,(H,12,13). The average molecular weight is 214 g/mol. The summed E-state index contributed by atoms with van der Waals surface area (Å²) in [6.07, 6.45) is 0.490. The first kappa shape index (κ1) is 11.0. The molecule has 2 N–H and O–H groups in total. The van der Waals surface area contributed by atoms with E-state index in [9.17, 15) is 9.90 Å². The Morgan fingerprint density at radius 2 is 2.21 bits per heavy atom. The predicted molar refractivity (Wildman–Crippen MR) is 56.0 cm³/mol. The van der Waals surface area contributed by atoms with Gasteiger partial charge in [-0.3, -0.25) is 4.79 Å². The molecule has 0 spiro atoms. The summed E-state index contributed by atoms with van der Waals surface area (Å²) in [7, 11) is 0. The molecule has 4 heteroatoms. The van der Waals surface area contributed by atoms with Crippen LogP contribution in [0.15, 0.2) is 6.07 Å². The fourth-order valence-electron chi connectivity index (χ4n) is 1.12. The Hall–Kier alpha value is -1.03. The molecule has 0 aliphatic heterocycles. The molecule has 14 heavy (non-hydrogen) atoms. The molecule has 0 aromatic carbocycles. The fourth-order valence-corrected chi connectivity index (χ4v) is 2.18. The molecule has 78 valence electrons. The maximum absolute atomic E-state index is 10.3. The summed E-state index contributed by atoms with van der Waals surface area (Å²) >= 11 is 1.50. The van der Waals surface area contributed by atoms with Crippen molar-refractivity contribution in [2.45, 2.75) is 32.6 Å². The van der Waals surface area contributed by atoms with Gasteiger partial charge in [-0.05, 0) is 18.4 Å². The van der Waals surface area contributed by atoms with Crippen molar-refractivity contribution in [3.63, 3.8) is 0 Å². The van der Waals surface area contributed by atoms with Gasteiger partial charge >= 0.3 is 5.97 Å². The van der Waals surface area contributed by atoms with Crippen LogP contribution in [0.1, 0.15) is 35.9 Å². The van der Waals surface area contributed by atoms with Crippen LogP contribution in [-0.2, 0) is 11.2 Å². The summed E-state index contributed by atoms with van der Waals surface area (Å²) in [5, 5.41) is 18.0. The molecule has 0 aliphatic rings. The monoisotopic (exact) mass is 214 g/mol. The lowest BCUT2D eigenvalue weighted by atomic mass is 10.2. The zero-order valence-electron chi connectivity index (χ0n) is 8.28. The largest absolute Gasteiger partial charge is 0.507 e. The predicted octanol–water partition coefficient (Wildman–Crippen LogP) is 2.59. The number of rotatable bonds is 4. The number of aliphatic carboxylic acids is 1. The molecule has 1 aromatic heterocycles. The number of carboxylic acid groups (broad SMARTS) is 1. The van der Waals surface area contributed by atoms with Crippen molar-refractivity contribution in [2.75, 3.05) is 0 Å². The molecule has 0 fully saturated rings. The second-order valence-corrected chi connectivity index (χ2v) is 4.67. The summed E-state index contributed by atoms with van der Waals surface area (Å²) in [6, 6.07) is 1.73. The van der Waals surface area contributed by atoms with Crippen molar-refractivity contribution >= 4 is 17.3 Å². The van der Waals surface area contributed by atoms with Gasteiger partial charge in [-0.15, -0.1) is 11.3 Å². The van der Waals surface area contributed by atoms with E-state index in [-0.39, 0.29) is 12.2 Å². The van der Waals surface area contributed by atoms with E-state index >= 15 is 0 Å². The van der Waals surface area contributed by atoms with Gasteiger partial charge in [-0.1, -0.05) is 13.8 Å². The highest BCUT2D eigenvalue weighted by atomic mass is 32.1. The van der Waals surface area contributed by atoms with E-state index in [0.29, 0.717) is 12.3 Å². The van der Waals surface area contributed by atoms with E-state index in [2.05, 4.69) is 0 Å². The van der Waals surface area contributed by atoms with Gasteiger partial charge in [0.2, 0.25) is 0 Å². The topological polar surface area (TPSA) is 57.5 Å². The van der Waals surface area contributed by atoms with Crippen LogP contribution in [0.4, 0.5) is 0 Å². The van der Waals surface area contributed by atoms with Crippen molar-refractivity contribution in [3.8, 4) is 5.75 Å². The summed E-state index contributed by atoms with van der Waals surface area (Å²) in [6.45, 7) is 4.10. The Bertz CT molecular complexity index is 328. The van der Waals surface area contributed by atoms with Crippen LogP contribution in [0.3, 0.4) is 0 Å². The molecule has 0 radical (unpaired) electrons. The van der Waals surface area contributed by atoms with Crippen molar-refractivity contribution in [3.05, 3.63) is 15.8 Å². The first-order chi connectivity index (χ1) is 6.50. The third kappa shape index (κ3) is 2.73. The first-order valence-electron chi connectivity index (χ1n) is 4.54. The van der Waals surface area contributed by atoms with Crippen LogP contribution in [0.25, 0.3) is 0 Å². The second-order valence-electron chi connectivity index (χ2n) is 3.51. The number of carboxylic acids is 1. The van der Waals surface area contributed by atoms with E-state index in [1.54, 1.807) is 6.07 Å². The van der Waals surface area contributed by atoms with Crippen molar-refractivity contribution in [1.29, 1.82) is 0 Å². The molecule has 3 nitrogen and oxygen atoms in total. The molecule has 0 aliphatic carbocycles. The third-order valence-corrected chi connectivity index (χ3v) is 3.43. The van der Waals surface area contributed by atoms with E-state index in [4.69, 9.17) is 5.11 Å². The molecular formula is C10H14O3S. The van der Waals surface area contributed by atoms with Crippen LogP contribution < -0.4 is 0 Å². The van der Waals surface area contributed by atoms with E-state index in [1.165, 1.54) is 11.3 Å². The second kappa shape index (κ2) is 4.46. The summed E-state index contributed by atoms with van der Waals surface area (Å²) in [5.41, 5.74) is 0. The number of aryl methyl sites for hydroxylation is 1. The third-order valence-electron chi connectivity index (χ3n) is 1.94. The van der Waals surface area contributed by atoms with Gasteiger partial charge in [0, 0.05) is 9.75 Å². The Balaban J connectivity index is 2.72. The number of hydrogen-bond acceptors (Lipinski definition) is 3. The van der Waals surface area contributed by atoms with Gasteiger partial charge < -0.3 is 10.2 Å². The SMILES string of the molecule is CC(C)c1cc(O)c(CCC(=O)O)s1. The summed E-state index contributed by atoms with van der Waals surface area (Å²) < 4.78 is 0. The highest BCUT2D eigenvalue weighted by Crippen LogP contribution is 2.33. The Labute approximate surface area is 87.0 Å². The lowest BCUT2D eigenvalue weighted by molar-refractivity contribution is -0.136. The minimum absolute atomic E-state index is 0.0750. The van der Waals surface area contributed by atoms with Crippen molar-refractivity contribution < 1.29 is 15.0 Å². The molecular weight excluding hydrogens is 200 g/mol. The van der Waals surface area contributed by atoms with Gasteiger partial charge in [0.25, 0.3) is 0 Å². The maximum Gasteiger partial charge on any atom is 0.303 e. The van der Waals surface area contributed by atoms with E-state index < -0.39 is 5.97 Å². The zero-order chi connectivity index (χ0) is 10.7. The quantitative estimate of drug-likeness (QED) is 0.810. The van der Waals surface area contributed by atoms with E-state index in [1.807, 2.05) is 13.8 Å². The number of carbonyl (C=O) groups is 1. The fraction of sp³-hybridized carbons (Fsp3) is 0.500. The Kier molecular flexibility index (Phi) is 3.52. The first-order valence-corrected chi connectivity index (χ1v) is 5.35. The van der Waals surface area contributed by atoms with Gasteiger partial charge in [0.15, 0.2) is 0 Å². The van der Waals surface area contributed by atoms with Crippen LogP contribution in [-0.4, -0.2) is 16.2 Å². The smallest absolute Gasteiger partial charge is 0.303 e. The van der Waals surface area contributed by atoms with Crippen LogP contribution in [0.5, 0.6) is 5.75 Å². The Morgan fingerprint density at radius 3 is 2.64 bits per heavy atom. The van der Waals surface area contributed by atoms with Crippen LogP contribution in [0, 0.1) is 0 Å². The number of hydrogen-bond donors (Lipinski definition) is 2. The zero-order valence-corrected chi connectivity index (χ0v) is 9.10. The Morgan fingerprint density at radius 1 is 1.57 bits per heavy atom. The van der Waals surface area contributed by atoms with Crippen molar-refractivity contribution in [1.82, 2.24) is 0 Å². The molecule has 0 saturated carbocycles. The molecule has 0 amide bonds. The highest BCUT2D eigenvalue weighted by molar-refractivity contribution is 7.12. The van der Waals surface area contributed by atoms with Crippen LogP contribution in [0.2, 0.25) is 0 Å². The van der Waals surface area contributed by atoms with Gasteiger partial charge in [-0.2, -0.15) is 0 Å². The molecule has 1 aromatic rings. The van der Waals surface area contributed by atoms with E-state index in [0.717, 1.165) is 9.75 Å². The van der Waals surface area contributed by atoms with Crippen LogP contribution >= 0.6 is 11.3 Å². The van der Waals surface area contributed by atoms with Crippen molar-refractivity contribution in [2.24, 2.45) is 0 Å². The number of aromatic hydroxyl groups is 1. The minimum Gasteiger partial charge on any atom is -0.507 e. The van der Waals surface area contributed by atoms with Gasteiger partial charge in [-0.25, -0.2) is 0 Å². The molecule has 0 unspecified atom stereocenters. The summed E-state index contributed by atoms with van der Waals surface area (Å²) in [4.78, 5) is 12.2. The average Bonchev–Trinajstić information content (AvgIpc) is 2.43. The highest BCUT2D eigenvalue weighted by Gasteiger charge is 2.11. The molecule has 1 rings (SSSR count). The maximum atomic E-state index is 10.3. The lowest BCUT2D eigenvalue weighted by Gasteiger charge is -1.97. The van der Waals surface area contributed by atoms with Gasteiger partial charge in [0.1, 0.15) is 5.75 Å². The van der Waals surface area contributed by atoms with Gasteiger partial charge in [0.05, 0.1) is 6.42 Å². The molecule has 0 atom stereocenters.